The number of hydrogen-bond donors (Lipinski definition) is 1. The third-order valence-electron chi connectivity index (χ3n) is 2.21. The normalized spacial score (nSPS) is 10.2. The molecule has 3 nitrogen and oxygen atoms in total. The van der Waals surface area contributed by atoms with Crippen LogP contribution in [0.15, 0.2) is 36.4 Å². The zero-order chi connectivity index (χ0) is 12.1. The number of benzene rings is 1. The molecule has 1 aromatic heterocycles. The SMILES string of the molecule is O=C(CCl)NCc1cc(-c2ccccc2)ns1. The van der Waals surface area contributed by atoms with Crippen LogP contribution in [0.25, 0.3) is 11.3 Å². The molecule has 0 aliphatic carbocycles. The van der Waals surface area contributed by atoms with Crippen LogP contribution in [-0.2, 0) is 11.3 Å². The van der Waals surface area contributed by atoms with E-state index >= 15 is 0 Å². The third-order valence-corrected chi connectivity index (χ3v) is 3.24. The minimum absolute atomic E-state index is 0.00958. The Morgan fingerprint density at radius 2 is 2.12 bits per heavy atom. The first-order valence-corrected chi connectivity index (χ1v) is 6.44. The molecular weight excluding hydrogens is 256 g/mol. The topological polar surface area (TPSA) is 42.0 Å². The number of nitrogens with one attached hydrogen (secondary N) is 1. The maximum atomic E-state index is 11.0. The maximum Gasteiger partial charge on any atom is 0.235 e. The molecule has 1 amide bonds. The average molecular weight is 267 g/mol. The summed E-state index contributed by atoms with van der Waals surface area (Å²) in [6, 6.07) is 11.9. The molecular formula is C12H11ClN2OS. The number of halogens is 1. The lowest BCUT2D eigenvalue weighted by molar-refractivity contribution is -0.118. The molecule has 0 fully saturated rings. The molecule has 0 radical (unpaired) electrons. The minimum Gasteiger partial charge on any atom is -0.350 e. The van der Waals surface area contributed by atoms with E-state index in [-0.39, 0.29) is 11.8 Å². The van der Waals surface area contributed by atoms with Gasteiger partial charge in [-0.25, -0.2) is 0 Å². The fraction of sp³-hybridized carbons (Fsp3) is 0.167. The molecule has 2 rings (SSSR count). The van der Waals surface area contributed by atoms with E-state index in [1.54, 1.807) is 0 Å². The largest absolute Gasteiger partial charge is 0.350 e. The molecule has 0 saturated heterocycles. The molecule has 1 heterocycles. The fourth-order valence-corrected chi connectivity index (χ4v) is 2.14. The van der Waals surface area contributed by atoms with Gasteiger partial charge in [0.25, 0.3) is 0 Å². The first-order chi connectivity index (χ1) is 8.29. The average Bonchev–Trinajstić information content (AvgIpc) is 2.86. The Morgan fingerprint density at radius 3 is 2.82 bits per heavy atom. The Labute approximate surface area is 109 Å². The summed E-state index contributed by atoms with van der Waals surface area (Å²) in [7, 11) is 0. The number of aromatic nitrogens is 1. The third kappa shape index (κ3) is 3.28. The Bertz CT molecular complexity index is 498. The fourth-order valence-electron chi connectivity index (χ4n) is 1.37. The van der Waals surface area contributed by atoms with Crippen LogP contribution in [0.5, 0.6) is 0 Å². The van der Waals surface area contributed by atoms with Crippen LogP contribution < -0.4 is 5.32 Å². The van der Waals surface area contributed by atoms with E-state index in [0.29, 0.717) is 6.54 Å². The van der Waals surface area contributed by atoms with Crippen LogP contribution in [0.3, 0.4) is 0 Å². The Morgan fingerprint density at radius 1 is 1.35 bits per heavy atom. The second kappa shape index (κ2) is 5.80. The highest BCUT2D eigenvalue weighted by molar-refractivity contribution is 7.06. The van der Waals surface area contributed by atoms with Crippen molar-refractivity contribution in [2.24, 2.45) is 0 Å². The van der Waals surface area contributed by atoms with Crippen LogP contribution in [0, 0.1) is 0 Å². The number of amides is 1. The van der Waals surface area contributed by atoms with Gasteiger partial charge in [-0.2, -0.15) is 4.37 Å². The molecule has 2 aromatic rings. The molecule has 0 atom stereocenters. The van der Waals surface area contributed by atoms with Crippen molar-refractivity contribution in [2.45, 2.75) is 6.54 Å². The van der Waals surface area contributed by atoms with E-state index in [1.807, 2.05) is 36.4 Å². The van der Waals surface area contributed by atoms with E-state index in [9.17, 15) is 4.79 Å². The molecule has 5 heteroatoms. The maximum absolute atomic E-state index is 11.0. The second-order valence-electron chi connectivity index (χ2n) is 3.45. The molecule has 0 aliphatic rings. The summed E-state index contributed by atoms with van der Waals surface area (Å²) in [6.07, 6.45) is 0. The molecule has 1 N–H and O–H groups in total. The Kier molecular flexibility index (Phi) is 4.12. The van der Waals surface area contributed by atoms with Crippen molar-refractivity contribution in [3.63, 3.8) is 0 Å². The zero-order valence-corrected chi connectivity index (χ0v) is 10.6. The van der Waals surface area contributed by atoms with Crippen molar-refractivity contribution in [3.8, 4) is 11.3 Å². The summed E-state index contributed by atoms with van der Waals surface area (Å²) in [5.41, 5.74) is 2.02. The van der Waals surface area contributed by atoms with E-state index < -0.39 is 0 Å². The highest BCUT2D eigenvalue weighted by Crippen LogP contribution is 2.21. The van der Waals surface area contributed by atoms with Crippen LogP contribution in [-0.4, -0.2) is 16.2 Å². The Balaban J connectivity index is 2.04. The number of alkyl halides is 1. The van der Waals surface area contributed by atoms with Gasteiger partial charge in [0.05, 0.1) is 12.2 Å². The number of nitrogens with zero attached hydrogens (tertiary/aromatic N) is 1. The lowest BCUT2D eigenvalue weighted by Crippen LogP contribution is -2.23. The van der Waals surface area contributed by atoms with Crippen LogP contribution in [0.1, 0.15) is 4.88 Å². The highest BCUT2D eigenvalue weighted by atomic mass is 35.5. The molecule has 0 spiro atoms. The quantitative estimate of drug-likeness (QED) is 0.865. The molecule has 17 heavy (non-hydrogen) atoms. The molecule has 1 aromatic carbocycles. The lowest BCUT2D eigenvalue weighted by Gasteiger charge is -1.98. The van der Waals surface area contributed by atoms with E-state index in [2.05, 4.69) is 9.69 Å². The van der Waals surface area contributed by atoms with E-state index in [4.69, 9.17) is 11.6 Å². The predicted octanol–water partition coefficient (Wildman–Crippen LogP) is 2.67. The van der Waals surface area contributed by atoms with Gasteiger partial charge in [-0.05, 0) is 17.6 Å². The van der Waals surface area contributed by atoms with Gasteiger partial charge < -0.3 is 5.32 Å². The van der Waals surface area contributed by atoms with Crippen molar-refractivity contribution >= 4 is 29.0 Å². The van der Waals surface area contributed by atoms with E-state index in [0.717, 1.165) is 16.1 Å². The van der Waals surface area contributed by atoms with Gasteiger partial charge >= 0.3 is 0 Å². The van der Waals surface area contributed by atoms with Gasteiger partial charge in [0.1, 0.15) is 5.88 Å². The summed E-state index contributed by atoms with van der Waals surface area (Å²) < 4.78 is 4.35. The van der Waals surface area contributed by atoms with Crippen LogP contribution >= 0.6 is 23.1 Å². The Hall–Kier alpha value is -1.39. The molecule has 0 saturated carbocycles. The van der Waals surface area contributed by atoms with Crippen molar-refractivity contribution in [2.75, 3.05) is 5.88 Å². The predicted molar refractivity (Wildman–Crippen MR) is 70.1 cm³/mol. The summed E-state index contributed by atoms with van der Waals surface area (Å²) >= 11 is 6.78. The molecule has 0 aliphatic heterocycles. The standard InChI is InChI=1S/C12H11ClN2OS/c13-7-12(16)14-8-10-6-11(15-17-10)9-4-2-1-3-5-9/h1-6H,7-8H2,(H,14,16). The number of rotatable bonds is 4. The lowest BCUT2D eigenvalue weighted by atomic mass is 10.1. The van der Waals surface area contributed by atoms with Gasteiger partial charge in [0, 0.05) is 10.4 Å². The highest BCUT2D eigenvalue weighted by Gasteiger charge is 2.05. The number of carbonyl (C=O) groups excluding carboxylic acids is 1. The number of hydrogen-bond acceptors (Lipinski definition) is 3. The zero-order valence-electron chi connectivity index (χ0n) is 9.02. The van der Waals surface area contributed by atoms with E-state index in [1.165, 1.54) is 11.5 Å². The van der Waals surface area contributed by atoms with Gasteiger partial charge in [0.2, 0.25) is 5.91 Å². The van der Waals surface area contributed by atoms with Crippen molar-refractivity contribution < 1.29 is 4.79 Å². The van der Waals surface area contributed by atoms with Crippen LogP contribution in [0.4, 0.5) is 0 Å². The monoisotopic (exact) mass is 266 g/mol. The minimum atomic E-state index is -0.165. The van der Waals surface area contributed by atoms with Gasteiger partial charge in [-0.1, -0.05) is 30.3 Å². The molecule has 88 valence electrons. The summed E-state index contributed by atoms with van der Waals surface area (Å²) in [5, 5.41) is 2.71. The summed E-state index contributed by atoms with van der Waals surface area (Å²) in [4.78, 5) is 12.0. The molecule has 0 unspecified atom stereocenters. The van der Waals surface area contributed by atoms with Crippen molar-refractivity contribution in [1.82, 2.24) is 9.69 Å². The first-order valence-electron chi connectivity index (χ1n) is 5.13. The summed E-state index contributed by atoms with van der Waals surface area (Å²) in [5.74, 6) is -0.175. The van der Waals surface area contributed by atoms with Gasteiger partial charge in [0.15, 0.2) is 0 Å². The van der Waals surface area contributed by atoms with Crippen molar-refractivity contribution in [3.05, 3.63) is 41.3 Å². The van der Waals surface area contributed by atoms with Crippen LogP contribution in [0.2, 0.25) is 0 Å². The second-order valence-corrected chi connectivity index (χ2v) is 4.61. The summed E-state index contributed by atoms with van der Waals surface area (Å²) in [6.45, 7) is 0.482. The van der Waals surface area contributed by atoms with Gasteiger partial charge in [-0.3, -0.25) is 4.79 Å². The molecule has 0 bridgehead atoms. The smallest absolute Gasteiger partial charge is 0.235 e. The van der Waals surface area contributed by atoms with Gasteiger partial charge in [-0.15, -0.1) is 11.6 Å². The van der Waals surface area contributed by atoms with Crippen molar-refractivity contribution in [1.29, 1.82) is 0 Å². The number of carbonyl (C=O) groups is 1. The first kappa shape index (κ1) is 12.1.